The van der Waals surface area contributed by atoms with Crippen LogP contribution >= 0.6 is 0 Å². The third kappa shape index (κ3) is 2.10. The molecule has 0 bridgehead atoms. The third-order valence-electron chi connectivity index (χ3n) is 1.97. The second-order valence-corrected chi connectivity index (χ2v) is 9.21. The Morgan fingerprint density at radius 1 is 1.31 bits per heavy atom. The maximum Gasteiger partial charge on any atom is 0.0991 e. The maximum atomic E-state index is 8.92. The van der Waals surface area contributed by atoms with Crippen molar-refractivity contribution in [2.24, 2.45) is 0 Å². The molecule has 2 nitrogen and oxygen atoms in total. The van der Waals surface area contributed by atoms with Crippen molar-refractivity contribution in [3.63, 3.8) is 0 Å². The predicted molar refractivity (Wildman–Crippen MR) is 58.5 cm³/mol. The molecule has 0 fully saturated rings. The average Bonchev–Trinajstić information content (AvgIpc) is 2.01. The first-order valence-corrected chi connectivity index (χ1v) is 7.75. The summed E-state index contributed by atoms with van der Waals surface area (Å²) in [6.07, 6.45) is 0. The summed E-state index contributed by atoms with van der Waals surface area (Å²) in [6.45, 7) is 6.66. The van der Waals surface area contributed by atoms with Crippen LogP contribution in [0.25, 0.3) is 0 Å². The van der Waals surface area contributed by atoms with Crippen molar-refractivity contribution < 1.29 is 0 Å². The van der Waals surface area contributed by atoms with E-state index < -0.39 is 8.07 Å². The maximum absolute atomic E-state index is 8.92. The molecule has 0 aliphatic rings. The Hall–Kier alpha value is -1.27. The molecular formula is C10H14N2Si. The molecule has 0 aliphatic carbocycles. The summed E-state index contributed by atoms with van der Waals surface area (Å²) in [5.41, 5.74) is 7.01. The van der Waals surface area contributed by atoms with Crippen LogP contribution in [0, 0.1) is 11.3 Å². The van der Waals surface area contributed by atoms with E-state index in [2.05, 4.69) is 25.7 Å². The molecule has 1 aromatic carbocycles. The molecule has 0 saturated carbocycles. The zero-order valence-corrected chi connectivity index (χ0v) is 9.26. The largest absolute Gasteiger partial charge is 0.399 e. The molecule has 0 saturated heterocycles. The number of anilines is 1. The van der Waals surface area contributed by atoms with E-state index in [-0.39, 0.29) is 0 Å². The number of hydrogen-bond donors (Lipinski definition) is 1. The molecular weight excluding hydrogens is 176 g/mol. The Labute approximate surface area is 80.0 Å². The van der Waals surface area contributed by atoms with Gasteiger partial charge < -0.3 is 5.73 Å². The SMILES string of the molecule is C[Si](C)(C)c1ccc(N)cc1C#N. The zero-order chi connectivity index (χ0) is 10.1. The highest BCUT2D eigenvalue weighted by atomic mass is 28.3. The van der Waals surface area contributed by atoms with Crippen molar-refractivity contribution >= 4 is 18.9 Å². The van der Waals surface area contributed by atoms with Crippen LogP contribution in [0.3, 0.4) is 0 Å². The van der Waals surface area contributed by atoms with Crippen LogP contribution in [0.15, 0.2) is 18.2 Å². The van der Waals surface area contributed by atoms with Crippen molar-refractivity contribution in [2.75, 3.05) is 5.73 Å². The van der Waals surface area contributed by atoms with Crippen molar-refractivity contribution in [1.82, 2.24) is 0 Å². The molecule has 0 aliphatic heterocycles. The summed E-state index contributed by atoms with van der Waals surface area (Å²) >= 11 is 0. The second-order valence-electron chi connectivity index (χ2n) is 4.17. The molecule has 13 heavy (non-hydrogen) atoms. The van der Waals surface area contributed by atoms with E-state index in [0.29, 0.717) is 5.69 Å². The summed E-state index contributed by atoms with van der Waals surface area (Å²) in [7, 11) is -1.40. The van der Waals surface area contributed by atoms with Crippen LogP contribution in [0.5, 0.6) is 0 Å². The smallest absolute Gasteiger partial charge is 0.0991 e. The van der Waals surface area contributed by atoms with Crippen molar-refractivity contribution in [1.29, 1.82) is 5.26 Å². The first kappa shape index (κ1) is 9.81. The number of nitrogen functional groups attached to an aromatic ring is 1. The van der Waals surface area contributed by atoms with Crippen LogP contribution in [0.1, 0.15) is 5.56 Å². The molecule has 0 atom stereocenters. The highest BCUT2D eigenvalue weighted by molar-refractivity contribution is 6.89. The van der Waals surface area contributed by atoms with E-state index in [1.165, 1.54) is 5.19 Å². The van der Waals surface area contributed by atoms with Crippen LogP contribution in [0.4, 0.5) is 5.69 Å². The molecule has 0 aromatic heterocycles. The van der Waals surface area contributed by atoms with E-state index >= 15 is 0 Å². The predicted octanol–water partition coefficient (Wildman–Crippen LogP) is 1.69. The lowest BCUT2D eigenvalue weighted by Crippen LogP contribution is -2.39. The minimum absolute atomic E-state index is 0.665. The lowest BCUT2D eigenvalue weighted by Gasteiger charge is -2.18. The Kier molecular flexibility index (Phi) is 2.44. The van der Waals surface area contributed by atoms with Gasteiger partial charge in [-0.25, -0.2) is 0 Å². The highest BCUT2D eigenvalue weighted by Crippen LogP contribution is 2.10. The van der Waals surface area contributed by atoms with Gasteiger partial charge in [0.15, 0.2) is 0 Å². The Bertz CT molecular complexity index is 358. The van der Waals surface area contributed by atoms with Gasteiger partial charge >= 0.3 is 0 Å². The molecule has 0 radical (unpaired) electrons. The molecule has 0 amide bonds. The fourth-order valence-corrected chi connectivity index (χ4v) is 2.83. The van der Waals surface area contributed by atoms with Crippen LogP contribution in [-0.2, 0) is 0 Å². The molecule has 1 rings (SSSR count). The summed E-state index contributed by atoms with van der Waals surface area (Å²) in [6, 6.07) is 7.81. The van der Waals surface area contributed by atoms with Crippen LogP contribution in [-0.4, -0.2) is 8.07 Å². The molecule has 0 spiro atoms. The number of nitrogens with zero attached hydrogens (tertiary/aromatic N) is 1. The van der Waals surface area contributed by atoms with Gasteiger partial charge in [0, 0.05) is 5.69 Å². The van der Waals surface area contributed by atoms with Gasteiger partial charge in [-0.15, -0.1) is 0 Å². The first-order valence-electron chi connectivity index (χ1n) is 4.25. The quantitative estimate of drug-likeness (QED) is 0.541. The third-order valence-corrected chi connectivity index (χ3v) is 4.02. The molecule has 68 valence electrons. The fraction of sp³-hybridized carbons (Fsp3) is 0.300. The number of nitrogens with two attached hydrogens (primary N) is 1. The lowest BCUT2D eigenvalue weighted by atomic mass is 10.2. The molecule has 3 heteroatoms. The second kappa shape index (κ2) is 3.23. The Morgan fingerprint density at radius 3 is 2.38 bits per heavy atom. The lowest BCUT2D eigenvalue weighted by molar-refractivity contribution is 1.49. The van der Waals surface area contributed by atoms with Crippen LogP contribution in [0.2, 0.25) is 19.6 Å². The minimum Gasteiger partial charge on any atom is -0.399 e. The number of hydrogen-bond acceptors (Lipinski definition) is 2. The molecule has 0 heterocycles. The van der Waals surface area contributed by atoms with Gasteiger partial charge in [0.05, 0.1) is 19.7 Å². The summed E-state index contributed by atoms with van der Waals surface area (Å²) in [4.78, 5) is 0. The van der Waals surface area contributed by atoms with Gasteiger partial charge in [0.1, 0.15) is 0 Å². The van der Waals surface area contributed by atoms with Gasteiger partial charge in [0.25, 0.3) is 0 Å². The van der Waals surface area contributed by atoms with Gasteiger partial charge in [-0.1, -0.05) is 25.7 Å². The van der Waals surface area contributed by atoms with E-state index in [4.69, 9.17) is 11.0 Å². The minimum atomic E-state index is -1.40. The summed E-state index contributed by atoms with van der Waals surface area (Å²) < 4.78 is 0. The topological polar surface area (TPSA) is 49.8 Å². The molecule has 1 aromatic rings. The van der Waals surface area contributed by atoms with Gasteiger partial charge in [-0.05, 0) is 17.3 Å². The van der Waals surface area contributed by atoms with Crippen molar-refractivity contribution in [2.45, 2.75) is 19.6 Å². The van der Waals surface area contributed by atoms with E-state index in [1.807, 2.05) is 12.1 Å². The summed E-state index contributed by atoms with van der Waals surface area (Å²) in [5, 5.41) is 10.1. The van der Waals surface area contributed by atoms with E-state index in [1.54, 1.807) is 6.07 Å². The van der Waals surface area contributed by atoms with Gasteiger partial charge in [-0.2, -0.15) is 5.26 Å². The summed E-state index contributed by atoms with van der Waals surface area (Å²) in [5.74, 6) is 0. The van der Waals surface area contributed by atoms with Crippen molar-refractivity contribution in [3.05, 3.63) is 23.8 Å². The number of nitriles is 1. The number of benzene rings is 1. The van der Waals surface area contributed by atoms with Crippen molar-refractivity contribution in [3.8, 4) is 6.07 Å². The van der Waals surface area contributed by atoms with Gasteiger partial charge in [0.2, 0.25) is 0 Å². The zero-order valence-electron chi connectivity index (χ0n) is 8.26. The standard InChI is InChI=1S/C10H14N2Si/c1-13(2,3)10-5-4-9(12)6-8(10)7-11/h4-6H,12H2,1-3H3. The van der Waals surface area contributed by atoms with Gasteiger partial charge in [-0.3, -0.25) is 0 Å². The van der Waals surface area contributed by atoms with Crippen LogP contribution < -0.4 is 10.9 Å². The monoisotopic (exact) mass is 190 g/mol. The highest BCUT2D eigenvalue weighted by Gasteiger charge is 2.19. The Morgan fingerprint density at radius 2 is 1.92 bits per heavy atom. The normalized spacial score (nSPS) is 10.9. The molecule has 2 N–H and O–H groups in total. The fourth-order valence-electron chi connectivity index (χ4n) is 1.31. The number of rotatable bonds is 1. The molecule has 0 unspecified atom stereocenters. The van der Waals surface area contributed by atoms with E-state index in [0.717, 1.165) is 5.56 Å². The Balaban J connectivity index is 3.32. The van der Waals surface area contributed by atoms with E-state index in [9.17, 15) is 0 Å². The average molecular weight is 190 g/mol. The first-order chi connectivity index (χ1) is 5.95.